The molecule has 2 aliphatic carbocycles. The number of carboxylic acids is 1. The Morgan fingerprint density at radius 2 is 1.81 bits per heavy atom. The Morgan fingerprint density at radius 1 is 1.11 bits per heavy atom. The van der Waals surface area contributed by atoms with Crippen LogP contribution in [-0.4, -0.2) is 41.9 Å². The molecule has 3 unspecified atom stereocenters. The molecule has 2 fully saturated rings. The number of halogens is 3. The Bertz CT molecular complexity index is 1020. The van der Waals surface area contributed by atoms with Gasteiger partial charge in [0, 0.05) is 23.4 Å². The topological polar surface area (TPSA) is 75.6 Å². The van der Waals surface area contributed by atoms with Crippen molar-refractivity contribution in [2.24, 2.45) is 11.8 Å². The van der Waals surface area contributed by atoms with Gasteiger partial charge in [-0.3, -0.25) is 9.59 Å². The third kappa shape index (κ3) is 6.28. The first-order valence-corrected chi connectivity index (χ1v) is 13.4. The number of carboxylic acid groups (broad SMARTS) is 1. The molecule has 3 atom stereocenters. The molecule has 3 aliphatic rings. The molecule has 2 N–H and O–H groups in total. The Kier molecular flexibility index (Phi) is 8.46. The highest BCUT2D eigenvalue weighted by Gasteiger charge is 2.48. The lowest BCUT2D eigenvalue weighted by molar-refractivity contribution is -0.184. The van der Waals surface area contributed by atoms with Crippen LogP contribution in [0.2, 0.25) is 0 Å². The van der Waals surface area contributed by atoms with E-state index < -0.39 is 23.5 Å². The fraction of sp³-hybridized carbons (Fsp3) is 0.586. The molecule has 1 aromatic carbocycles. The summed E-state index contributed by atoms with van der Waals surface area (Å²) >= 11 is 0. The number of amides is 1. The number of hydrogen-bond acceptors (Lipinski definition) is 3. The van der Waals surface area contributed by atoms with Gasteiger partial charge < -0.3 is 15.2 Å². The first-order chi connectivity index (χ1) is 17.6. The van der Waals surface area contributed by atoms with Gasteiger partial charge in [0.1, 0.15) is 0 Å². The van der Waals surface area contributed by atoms with Gasteiger partial charge in [-0.25, -0.2) is 0 Å². The summed E-state index contributed by atoms with van der Waals surface area (Å²) in [6.07, 6.45) is 7.26. The van der Waals surface area contributed by atoms with Gasteiger partial charge >= 0.3 is 12.1 Å². The molecule has 4 rings (SSSR count). The summed E-state index contributed by atoms with van der Waals surface area (Å²) in [6, 6.07) is 7.04. The lowest BCUT2D eigenvalue weighted by Crippen LogP contribution is -2.40. The van der Waals surface area contributed by atoms with E-state index in [9.17, 15) is 22.8 Å². The number of rotatable bonds is 8. The molecular formula is C29H36F3NO4. The van der Waals surface area contributed by atoms with Crippen molar-refractivity contribution in [2.45, 2.75) is 88.5 Å². The van der Waals surface area contributed by atoms with Crippen LogP contribution in [0.5, 0.6) is 0 Å². The maximum absolute atomic E-state index is 13.5. The molecule has 1 aromatic rings. The van der Waals surface area contributed by atoms with Gasteiger partial charge in [0.05, 0.1) is 24.5 Å². The predicted molar refractivity (Wildman–Crippen MR) is 134 cm³/mol. The van der Waals surface area contributed by atoms with Crippen LogP contribution in [0.25, 0.3) is 0 Å². The summed E-state index contributed by atoms with van der Waals surface area (Å²) < 4.78 is 46.9. The van der Waals surface area contributed by atoms with Gasteiger partial charge in [0.15, 0.2) is 0 Å². The lowest BCUT2D eigenvalue weighted by atomic mass is 9.61. The highest BCUT2D eigenvalue weighted by Crippen LogP contribution is 2.52. The molecule has 8 heteroatoms. The average Bonchev–Trinajstić information content (AvgIpc) is 2.88. The lowest BCUT2D eigenvalue weighted by Gasteiger charge is -2.45. The van der Waals surface area contributed by atoms with Crippen LogP contribution >= 0.6 is 0 Å². The van der Waals surface area contributed by atoms with E-state index in [1.54, 1.807) is 12.1 Å². The van der Waals surface area contributed by atoms with Crippen molar-refractivity contribution in [1.29, 1.82) is 0 Å². The number of hydrogen-bond donors (Lipinski definition) is 2. The van der Waals surface area contributed by atoms with Gasteiger partial charge in [-0.15, -0.1) is 0 Å². The van der Waals surface area contributed by atoms with Crippen LogP contribution < -0.4 is 5.32 Å². The quantitative estimate of drug-likeness (QED) is 0.420. The van der Waals surface area contributed by atoms with Gasteiger partial charge in [-0.2, -0.15) is 13.2 Å². The second-order valence-electron chi connectivity index (χ2n) is 10.6. The number of benzene rings is 1. The molecule has 202 valence electrons. The second kappa shape index (κ2) is 11.4. The minimum atomic E-state index is -4.20. The minimum absolute atomic E-state index is 0.00879. The molecule has 1 heterocycles. The standard InChI is InChI=1S/C29H36F3NO4/c1-2-3-24-10-6-20-18-23(9-11-25(20)37-24)28(15-12-22(13-16-28)29(30,31)32)21-7-4-19(5-8-21)27(36)33-17-14-26(34)35/h4-5,7-9,11,18,20,22,24-25H,2-3,6,10,12-17H2,1H3,(H,33,36)(H,34,35). The van der Waals surface area contributed by atoms with Gasteiger partial charge in [-0.05, 0) is 68.2 Å². The first kappa shape index (κ1) is 27.4. The van der Waals surface area contributed by atoms with Gasteiger partial charge in [0.2, 0.25) is 0 Å². The number of alkyl halides is 3. The fourth-order valence-electron chi connectivity index (χ4n) is 6.15. The van der Waals surface area contributed by atoms with Crippen LogP contribution in [0.15, 0.2) is 48.1 Å². The van der Waals surface area contributed by atoms with E-state index in [1.165, 1.54) is 0 Å². The zero-order chi connectivity index (χ0) is 26.6. The SMILES string of the molecule is CCCC1CCC2C=C(C3(c4ccc(C(=O)NCCC(=O)O)cc4)CCC(C(F)(F)F)CC3)C=CC2O1. The highest BCUT2D eigenvalue weighted by atomic mass is 19.4. The van der Waals surface area contributed by atoms with Crippen LogP contribution in [0, 0.1) is 11.8 Å². The van der Waals surface area contributed by atoms with E-state index in [0.29, 0.717) is 18.4 Å². The smallest absolute Gasteiger partial charge is 0.391 e. The molecule has 0 aromatic heterocycles. The number of allylic oxidation sites excluding steroid dienone is 2. The van der Waals surface area contributed by atoms with Crippen LogP contribution in [-0.2, 0) is 14.9 Å². The maximum atomic E-state index is 13.5. The molecule has 0 radical (unpaired) electrons. The van der Waals surface area contributed by atoms with Crippen LogP contribution in [0.1, 0.15) is 80.6 Å². The molecule has 5 nitrogen and oxygen atoms in total. The van der Waals surface area contributed by atoms with Crippen molar-refractivity contribution in [3.63, 3.8) is 0 Å². The summed E-state index contributed by atoms with van der Waals surface area (Å²) in [7, 11) is 0. The number of carbonyl (C=O) groups is 2. The summed E-state index contributed by atoms with van der Waals surface area (Å²) in [5.41, 5.74) is 1.79. The van der Waals surface area contributed by atoms with E-state index >= 15 is 0 Å². The summed E-state index contributed by atoms with van der Waals surface area (Å²) in [5.74, 6) is -2.45. The van der Waals surface area contributed by atoms with Crippen molar-refractivity contribution >= 4 is 11.9 Å². The molecule has 1 saturated carbocycles. The van der Waals surface area contributed by atoms with E-state index in [-0.39, 0.29) is 49.8 Å². The number of carbonyl (C=O) groups excluding carboxylic acids is 1. The average molecular weight is 520 g/mol. The van der Waals surface area contributed by atoms with Crippen molar-refractivity contribution in [2.75, 3.05) is 6.54 Å². The molecule has 0 bridgehead atoms. The zero-order valence-electron chi connectivity index (χ0n) is 21.2. The summed E-state index contributed by atoms with van der Waals surface area (Å²) in [5, 5.41) is 11.4. The fourth-order valence-corrected chi connectivity index (χ4v) is 6.15. The summed E-state index contributed by atoms with van der Waals surface area (Å²) in [6.45, 7) is 2.18. The molecule has 1 amide bonds. The normalized spacial score (nSPS) is 29.8. The highest BCUT2D eigenvalue weighted by molar-refractivity contribution is 5.94. The van der Waals surface area contributed by atoms with E-state index in [1.807, 2.05) is 12.1 Å². The molecule has 1 saturated heterocycles. The number of ether oxygens (including phenoxy) is 1. The van der Waals surface area contributed by atoms with E-state index in [4.69, 9.17) is 9.84 Å². The Labute approximate surface area is 216 Å². The second-order valence-corrected chi connectivity index (χ2v) is 10.6. The molecule has 0 spiro atoms. The molecular weight excluding hydrogens is 483 g/mol. The first-order valence-electron chi connectivity index (χ1n) is 13.4. The van der Waals surface area contributed by atoms with Crippen molar-refractivity contribution in [1.82, 2.24) is 5.32 Å². The summed E-state index contributed by atoms with van der Waals surface area (Å²) in [4.78, 5) is 23.1. The van der Waals surface area contributed by atoms with E-state index in [2.05, 4.69) is 30.5 Å². The van der Waals surface area contributed by atoms with Gasteiger partial charge in [-0.1, -0.05) is 43.7 Å². The Morgan fingerprint density at radius 3 is 2.43 bits per heavy atom. The zero-order valence-corrected chi connectivity index (χ0v) is 21.2. The maximum Gasteiger partial charge on any atom is 0.391 e. The van der Waals surface area contributed by atoms with Crippen LogP contribution in [0.4, 0.5) is 13.2 Å². The number of fused-ring (bicyclic) bond motifs is 1. The van der Waals surface area contributed by atoms with Crippen molar-refractivity contribution in [3.8, 4) is 0 Å². The third-order valence-corrected chi connectivity index (χ3v) is 8.24. The molecule has 1 aliphatic heterocycles. The largest absolute Gasteiger partial charge is 0.481 e. The Balaban J connectivity index is 1.57. The minimum Gasteiger partial charge on any atom is -0.481 e. The van der Waals surface area contributed by atoms with Crippen LogP contribution in [0.3, 0.4) is 0 Å². The van der Waals surface area contributed by atoms with Gasteiger partial charge in [0.25, 0.3) is 5.91 Å². The Hall–Kier alpha value is -2.61. The molecule has 37 heavy (non-hydrogen) atoms. The predicted octanol–water partition coefficient (Wildman–Crippen LogP) is 6.34. The monoisotopic (exact) mass is 519 g/mol. The van der Waals surface area contributed by atoms with E-state index in [0.717, 1.165) is 36.8 Å². The third-order valence-electron chi connectivity index (χ3n) is 8.24. The number of nitrogens with one attached hydrogen (secondary N) is 1. The number of aliphatic carboxylic acids is 1. The van der Waals surface area contributed by atoms with Crippen molar-refractivity contribution < 1.29 is 32.6 Å². The van der Waals surface area contributed by atoms with Crippen molar-refractivity contribution in [3.05, 3.63) is 59.2 Å².